The van der Waals surface area contributed by atoms with Crippen LogP contribution in [-0.4, -0.2) is 30.7 Å². The molecule has 0 unspecified atom stereocenters. The molecule has 0 aliphatic carbocycles. The number of aromatic nitrogens is 2. The molecule has 1 aliphatic rings. The molecule has 0 saturated heterocycles. The minimum Gasteiger partial charge on any atom is -0.312 e. The van der Waals surface area contributed by atoms with E-state index >= 15 is 0 Å². The van der Waals surface area contributed by atoms with Crippen LogP contribution in [-0.2, 0) is 34.8 Å². The van der Waals surface area contributed by atoms with Crippen LogP contribution in [0.2, 0.25) is 5.02 Å². The highest BCUT2D eigenvalue weighted by atomic mass is 35.5. The lowest BCUT2D eigenvalue weighted by Crippen LogP contribution is -2.31. The molecular formula is C21H21ClN4O3S. The van der Waals surface area contributed by atoms with Gasteiger partial charge in [0.25, 0.3) is 10.0 Å². The first-order chi connectivity index (χ1) is 14.3. The van der Waals surface area contributed by atoms with Crippen molar-refractivity contribution in [2.24, 2.45) is 7.05 Å². The molecule has 0 saturated carbocycles. The van der Waals surface area contributed by atoms with Gasteiger partial charge in [-0.25, -0.2) is 0 Å². The molecule has 2 heterocycles. The minimum atomic E-state index is -3.93. The second-order valence-electron chi connectivity index (χ2n) is 7.20. The van der Waals surface area contributed by atoms with Crippen LogP contribution >= 0.6 is 11.6 Å². The van der Waals surface area contributed by atoms with Crippen LogP contribution in [0, 0.1) is 0 Å². The Morgan fingerprint density at radius 3 is 2.53 bits per heavy atom. The Morgan fingerprint density at radius 1 is 1.17 bits per heavy atom. The van der Waals surface area contributed by atoms with Crippen molar-refractivity contribution in [3.05, 3.63) is 70.9 Å². The molecule has 9 heteroatoms. The van der Waals surface area contributed by atoms with Gasteiger partial charge in [-0.3, -0.25) is 13.8 Å². The van der Waals surface area contributed by atoms with Gasteiger partial charge in [-0.15, -0.1) is 0 Å². The maximum atomic E-state index is 13.5. The van der Waals surface area contributed by atoms with Crippen LogP contribution in [0.3, 0.4) is 0 Å². The summed E-state index contributed by atoms with van der Waals surface area (Å²) < 4.78 is 29.7. The molecule has 156 valence electrons. The Bertz CT molecular complexity index is 1210. The van der Waals surface area contributed by atoms with Gasteiger partial charge >= 0.3 is 0 Å². The molecule has 0 atom stereocenters. The van der Waals surface area contributed by atoms with Gasteiger partial charge in [0.15, 0.2) is 5.03 Å². The summed E-state index contributed by atoms with van der Waals surface area (Å²) in [6, 6.07) is 13.9. The molecule has 1 aromatic heterocycles. The van der Waals surface area contributed by atoms with Crippen LogP contribution in [0.25, 0.3) is 0 Å². The van der Waals surface area contributed by atoms with Gasteiger partial charge in [-0.2, -0.15) is 13.5 Å². The lowest BCUT2D eigenvalue weighted by atomic mass is 10.1. The fourth-order valence-electron chi connectivity index (χ4n) is 3.56. The van der Waals surface area contributed by atoms with E-state index in [2.05, 4.69) is 5.10 Å². The molecule has 0 spiro atoms. The number of hydrogen-bond donors (Lipinski definition) is 0. The largest absolute Gasteiger partial charge is 0.312 e. The van der Waals surface area contributed by atoms with E-state index in [0.717, 1.165) is 23.2 Å². The molecule has 2 aromatic carbocycles. The number of sulfonamides is 1. The number of halogens is 1. The molecule has 3 aromatic rings. The standard InChI is InChI=1S/C21H21ClN4O3S/c1-15(27)25-12-9-17-5-8-19(13-20(17)25)26(14-16-3-6-18(22)7-4-16)30(28,29)21-10-11-24(2)23-21/h3-8,10-11,13H,9,12,14H2,1-2H3. The quantitative estimate of drug-likeness (QED) is 0.604. The third-order valence-electron chi connectivity index (χ3n) is 5.12. The van der Waals surface area contributed by atoms with Gasteiger partial charge in [0, 0.05) is 37.4 Å². The van der Waals surface area contributed by atoms with E-state index in [1.54, 1.807) is 54.5 Å². The molecule has 0 radical (unpaired) electrons. The molecule has 30 heavy (non-hydrogen) atoms. The van der Waals surface area contributed by atoms with E-state index in [0.29, 0.717) is 17.3 Å². The highest BCUT2D eigenvalue weighted by molar-refractivity contribution is 7.92. The Balaban J connectivity index is 1.80. The molecule has 4 rings (SSSR count). The third kappa shape index (κ3) is 3.80. The van der Waals surface area contributed by atoms with E-state index in [9.17, 15) is 13.2 Å². The first kappa shape index (κ1) is 20.4. The number of amides is 1. The average molecular weight is 445 g/mol. The summed E-state index contributed by atoms with van der Waals surface area (Å²) >= 11 is 5.98. The smallest absolute Gasteiger partial charge is 0.283 e. The number of hydrogen-bond acceptors (Lipinski definition) is 4. The highest BCUT2D eigenvalue weighted by Gasteiger charge is 2.30. The molecule has 1 amide bonds. The molecule has 0 fully saturated rings. The molecular weight excluding hydrogens is 424 g/mol. The van der Waals surface area contributed by atoms with Gasteiger partial charge in [0.05, 0.1) is 12.2 Å². The van der Waals surface area contributed by atoms with Gasteiger partial charge in [0.1, 0.15) is 0 Å². The summed E-state index contributed by atoms with van der Waals surface area (Å²) in [7, 11) is -2.26. The summed E-state index contributed by atoms with van der Waals surface area (Å²) in [4.78, 5) is 13.7. The van der Waals surface area contributed by atoms with Crippen molar-refractivity contribution in [1.82, 2.24) is 9.78 Å². The van der Waals surface area contributed by atoms with Gasteiger partial charge in [-0.1, -0.05) is 29.8 Å². The zero-order valence-electron chi connectivity index (χ0n) is 16.6. The normalized spacial score (nSPS) is 13.4. The monoisotopic (exact) mass is 444 g/mol. The van der Waals surface area contributed by atoms with E-state index < -0.39 is 10.0 Å². The summed E-state index contributed by atoms with van der Waals surface area (Å²) in [5.74, 6) is -0.0669. The Morgan fingerprint density at radius 2 is 1.90 bits per heavy atom. The van der Waals surface area contributed by atoms with Gasteiger partial charge < -0.3 is 4.90 Å². The minimum absolute atomic E-state index is 0.0390. The number of aryl methyl sites for hydroxylation is 1. The second kappa shape index (κ2) is 7.77. The van der Waals surface area contributed by atoms with Gasteiger partial charge in [0.2, 0.25) is 5.91 Å². The molecule has 7 nitrogen and oxygen atoms in total. The van der Waals surface area contributed by atoms with Crippen molar-refractivity contribution in [3.8, 4) is 0 Å². The van der Waals surface area contributed by atoms with Crippen LogP contribution in [0.4, 0.5) is 11.4 Å². The summed E-state index contributed by atoms with van der Waals surface area (Å²) in [5.41, 5.74) is 3.03. The van der Waals surface area contributed by atoms with Crippen LogP contribution < -0.4 is 9.21 Å². The SMILES string of the molecule is CC(=O)N1CCc2ccc(N(Cc3ccc(Cl)cc3)S(=O)(=O)c3ccn(C)n3)cc21. The summed E-state index contributed by atoms with van der Waals surface area (Å²) in [6.07, 6.45) is 2.34. The number of benzene rings is 2. The third-order valence-corrected chi connectivity index (χ3v) is 7.03. The summed E-state index contributed by atoms with van der Waals surface area (Å²) in [5, 5.41) is 4.64. The fourth-order valence-corrected chi connectivity index (χ4v) is 5.09. The topological polar surface area (TPSA) is 75.5 Å². The van der Waals surface area contributed by atoms with Gasteiger partial charge in [-0.05, 0) is 47.9 Å². The number of anilines is 2. The van der Waals surface area contributed by atoms with Crippen molar-refractivity contribution in [1.29, 1.82) is 0 Å². The Hall–Kier alpha value is -2.84. The first-order valence-electron chi connectivity index (χ1n) is 9.43. The van der Waals surface area contributed by atoms with E-state index in [4.69, 9.17) is 11.6 Å². The lowest BCUT2D eigenvalue weighted by molar-refractivity contribution is -0.116. The maximum absolute atomic E-state index is 13.5. The number of rotatable bonds is 5. The van der Waals surface area contributed by atoms with Crippen LogP contribution in [0.1, 0.15) is 18.1 Å². The molecule has 0 N–H and O–H groups in total. The predicted molar refractivity (Wildman–Crippen MR) is 116 cm³/mol. The van der Waals surface area contributed by atoms with Crippen molar-refractivity contribution in [3.63, 3.8) is 0 Å². The van der Waals surface area contributed by atoms with E-state index in [1.807, 2.05) is 6.07 Å². The Labute approximate surface area is 180 Å². The van der Waals surface area contributed by atoms with E-state index in [-0.39, 0.29) is 17.5 Å². The van der Waals surface area contributed by atoms with Crippen molar-refractivity contribution < 1.29 is 13.2 Å². The highest BCUT2D eigenvalue weighted by Crippen LogP contribution is 2.35. The Kier molecular flexibility index (Phi) is 5.29. The maximum Gasteiger partial charge on any atom is 0.283 e. The zero-order valence-corrected chi connectivity index (χ0v) is 18.2. The zero-order chi connectivity index (χ0) is 21.5. The molecule has 1 aliphatic heterocycles. The number of fused-ring (bicyclic) bond motifs is 1. The van der Waals surface area contributed by atoms with E-state index in [1.165, 1.54) is 22.0 Å². The van der Waals surface area contributed by atoms with Crippen molar-refractivity contribution in [2.75, 3.05) is 15.7 Å². The predicted octanol–water partition coefficient (Wildman–Crippen LogP) is 3.38. The fraction of sp³-hybridized carbons (Fsp3) is 0.238. The number of carbonyl (C=O) groups is 1. The number of nitrogens with zero attached hydrogens (tertiary/aromatic N) is 4. The van der Waals surface area contributed by atoms with Crippen molar-refractivity contribution in [2.45, 2.75) is 24.9 Å². The van der Waals surface area contributed by atoms with Crippen LogP contribution in [0.5, 0.6) is 0 Å². The lowest BCUT2D eigenvalue weighted by Gasteiger charge is -2.25. The summed E-state index contributed by atoms with van der Waals surface area (Å²) in [6.45, 7) is 2.21. The van der Waals surface area contributed by atoms with Crippen molar-refractivity contribution >= 4 is 38.9 Å². The second-order valence-corrected chi connectivity index (χ2v) is 9.45. The van der Waals surface area contributed by atoms with Crippen LogP contribution in [0.15, 0.2) is 59.8 Å². The average Bonchev–Trinajstić information content (AvgIpc) is 3.33. The molecule has 0 bridgehead atoms. The number of carbonyl (C=O) groups excluding carboxylic acids is 1. The first-order valence-corrected chi connectivity index (χ1v) is 11.3.